The van der Waals surface area contributed by atoms with E-state index in [0.29, 0.717) is 23.0 Å². The Morgan fingerprint density at radius 2 is 2.27 bits per heavy atom. The molecule has 0 radical (unpaired) electrons. The second-order valence-corrected chi connectivity index (χ2v) is 2.54. The molecule has 0 bridgehead atoms. The van der Waals surface area contributed by atoms with Crippen LogP contribution in [0.1, 0.15) is 6.92 Å². The van der Waals surface area contributed by atoms with Crippen LogP contribution in [0.15, 0.2) is 6.07 Å². The molecule has 60 valence electrons. The predicted octanol–water partition coefficient (Wildman–Crippen LogP) is 0.797. The molecule has 1 aromatic heterocycles. The largest absolute Gasteiger partial charge is 0.385 e. The van der Waals surface area contributed by atoms with Gasteiger partial charge in [0.2, 0.25) is 5.95 Å². The molecule has 0 aliphatic carbocycles. The van der Waals surface area contributed by atoms with Gasteiger partial charge in [-0.2, -0.15) is 0 Å². The summed E-state index contributed by atoms with van der Waals surface area (Å²) >= 11 is 4.81. The van der Waals surface area contributed by atoms with Crippen LogP contribution in [0.4, 0.5) is 11.8 Å². The minimum Gasteiger partial charge on any atom is -0.385 e. The van der Waals surface area contributed by atoms with E-state index in [4.69, 9.17) is 23.7 Å². The van der Waals surface area contributed by atoms with Crippen LogP contribution in [0.5, 0.6) is 0 Å². The Morgan fingerprint density at radius 3 is 2.73 bits per heavy atom. The van der Waals surface area contributed by atoms with E-state index in [1.54, 1.807) is 10.6 Å². The fourth-order valence-corrected chi connectivity index (χ4v) is 1.10. The Hall–Kier alpha value is -1.10. The van der Waals surface area contributed by atoms with Gasteiger partial charge < -0.3 is 11.5 Å². The highest BCUT2D eigenvalue weighted by molar-refractivity contribution is 7.71. The third kappa shape index (κ3) is 1.48. The summed E-state index contributed by atoms with van der Waals surface area (Å²) in [5, 5.41) is 0. The molecule has 1 aromatic rings. The topological polar surface area (TPSA) is 69.9 Å². The molecule has 5 heteroatoms. The Morgan fingerprint density at radius 1 is 1.64 bits per heavy atom. The molecule has 0 atom stereocenters. The van der Waals surface area contributed by atoms with E-state index in [0.717, 1.165) is 0 Å². The first-order valence-corrected chi connectivity index (χ1v) is 3.68. The summed E-state index contributed by atoms with van der Waals surface area (Å²) in [7, 11) is 0. The molecule has 4 N–H and O–H groups in total. The lowest BCUT2D eigenvalue weighted by Gasteiger charge is -2.08. The van der Waals surface area contributed by atoms with Crippen molar-refractivity contribution >= 4 is 24.0 Å². The first-order valence-electron chi connectivity index (χ1n) is 3.28. The second-order valence-electron chi connectivity index (χ2n) is 2.12. The van der Waals surface area contributed by atoms with Crippen LogP contribution in [0, 0.1) is 4.64 Å². The van der Waals surface area contributed by atoms with Crippen molar-refractivity contribution in [1.82, 2.24) is 9.55 Å². The van der Waals surface area contributed by atoms with Crippen LogP contribution in [-0.4, -0.2) is 9.55 Å². The predicted molar refractivity (Wildman–Crippen MR) is 47.6 cm³/mol. The lowest BCUT2D eigenvalue weighted by atomic mass is 10.5. The van der Waals surface area contributed by atoms with E-state index in [2.05, 4.69) is 4.98 Å². The van der Waals surface area contributed by atoms with Crippen LogP contribution in [0.2, 0.25) is 0 Å². The van der Waals surface area contributed by atoms with Gasteiger partial charge in [0.1, 0.15) is 10.5 Å². The number of nitrogens with two attached hydrogens (primary N) is 2. The van der Waals surface area contributed by atoms with E-state index >= 15 is 0 Å². The van der Waals surface area contributed by atoms with Crippen molar-refractivity contribution in [2.75, 3.05) is 11.5 Å². The average Bonchev–Trinajstić information content (AvgIpc) is 1.85. The van der Waals surface area contributed by atoms with E-state index in [-0.39, 0.29) is 0 Å². The summed E-state index contributed by atoms with van der Waals surface area (Å²) in [6, 6.07) is 1.62. The zero-order valence-electron chi connectivity index (χ0n) is 6.24. The van der Waals surface area contributed by atoms with Gasteiger partial charge in [-0.25, -0.2) is 4.98 Å². The first kappa shape index (κ1) is 8.00. The van der Waals surface area contributed by atoms with Crippen molar-refractivity contribution in [2.45, 2.75) is 13.5 Å². The molecule has 0 aliphatic heterocycles. The van der Waals surface area contributed by atoms with Crippen LogP contribution in [-0.2, 0) is 6.54 Å². The summed E-state index contributed by atoms with van der Waals surface area (Å²) in [5.41, 5.74) is 11.1. The Kier molecular flexibility index (Phi) is 2.09. The Labute approximate surface area is 69.8 Å². The maximum Gasteiger partial charge on any atom is 0.203 e. The lowest BCUT2D eigenvalue weighted by Crippen LogP contribution is -2.11. The third-order valence-corrected chi connectivity index (χ3v) is 1.61. The summed E-state index contributed by atoms with van der Waals surface area (Å²) in [4.78, 5) is 3.88. The maximum atomic E-state index is 5.61. The Balaban J connectivity index is 3.36. The van der Waals surface area contributed by atoms with E-state index in [1.807, 2.05) is 6.92 Å². The summed E-state index contributed by atoms with van der Waals surface area (Å²) in [6.45, 7) is 2.65. The van der Waals surface area contributed by atoms with Gasteiger partial charge in [-0.05, 0) is 6.92 Å². The van der Waals surface area contributed by atoms with Crippen molar-refractivity contribution in [3.8, 4) is 0 Å². The number of hydrogen-bond donors (Lipinski definition) is 2. The monoisotopic (exact) mass is 170 g/mol. The van der Waals surface area contributed by atoms with E-state index in [9.17, 15) is 0 Å². The summed E-state index contributed by atoms with van der Waals surface area (Å²) in [6.07, 6.45) is 0. The average molecular weight is 170 g/mol. The standard InChI is InChI=1S/C6H10N4S/c1-2-10-4(7)3-5(11)9-6(10)8/h3H,2,7H2,1H3,(H2,8,9,11). The molecule has 0 unspecified atom stereocenters. The Bertz CT molecular complexity index is 291. The van der Waals surface area contributed by atoms with E-state index < -0.39 is 0 Å². The van der Waals surface area contributed by atoms with Gasteiger partial charge in [0.25, 0.3) is 0 Å². The molecular weight excluding hydrogens is 160 g/mol. The molecular formula is C6H10N4S. The number of anilines is 2. The molecule has 0 saturated heterocycles. The molecule has 0 aliphatic rings. The third-order valence-electron chi connectivity index (χ3n) is 1.40. The molecule has 0 aromatic carbocycles. The van der Waals surface area contributed by atoms with E-state index in [1.165, 1.54) is 0 Å². The number of nitrogens with zero attached hydrogens (tertiary/aromatic N) is 2. The fourth-order valence-electron chi connectivity index (χ4n) is 0.887. The zero-order valence-corrected chi connectivity index (χ0v) is 7.06. The molecule has 1 rings (SSSR count). The SMILES string of the molecule is CCn1c(N)cc(=S)nc1N. The fraction of sp³-hybridized carbons (Fsp3) is 0.333. The quantitative estimate of drug-likeness (QED) is 0.611. The highest BCUT2D eigenvalue weighted by atomic mass is 32.1. The molecule has 0 fully saturated rings. The summed E-state index contributed by atoms with van der Waals surface area (Å²) in [5.74, 6) is 0.933. The lowest BCUT2D eigenvalue weighted by molar-refractivity contribution is 0.760. The normalized spacial score (nSPS) is 9.91. The second kappa shape index (κ2) is 2.87. The van der Waals surface area contributed by atoms with Crippen molar-refractivity contribution in [1.29, 1.82) is 0 Å². The van der Waals surface area contributed by atoms with Crippen LogP contribution in [0.3, 0.4) is 0 Å². The number of rotatable bonds is 1. The minimum atomic E-state index is 0.373. The molecule has 0 spiro atoms. The van der Waals surface area contributed by atoms with Gasteiger partial charge in [0.15, 0.2) is 0 Å². The van der Waals surface area contributed by atoms with Gasteiger partial charge in [0.05, 0.1) is 0 Å². The maximum absolute atomic E-state index is 5.61. The molecule has 0 amide bonds. The smallest absolute Gasteiger partial charge is 0.203 e. The molecule has 11 heavy (non-hydrogen) atoms. The molecule has 1 heterocycles. The number of nitrogen functional groups attached to an aromatic ring is 2. The summed E-state index contributed by atoms with van der Waals surface area (Å²) < 4.78 is 2.13. The van der Waals surface area contributed by atoms with Crippen molar-refractivity contribution < 1.29 is 0 Å². The van der Waals surface area contributed by atoms with Crippen molar-refractivity contribution in [3.63, 3.8) is 0 Å². The van der Waals surface area contributed by atoms with Gasteiger partial charge in [-0.1, -0.05) is 12.2 Å². The van der Waals surface area contributed by atoms with Gasteiger partial charge in [-0.15, -0.1) is 0 Å². The van der Waals surface area contributed by atoms with Gasteiger partial charge >= 0.3 is 0 Å². The number of aromatic nitrogens is 2. The zero-order chi connectivity index (χ0) is 8.43. The highest BCUT2D eigenvalue weighted by Crippen LogP contribution is 2.07. The van der Waals surface area contributed by atoms with Crippen LogP contribution < -0.4 is 11.5 Å². The number of hydrogen-bond acceptors (Lipinski definition) is 4. The first-order chi connectivity index (χ1) is 5.15. The van der Waals surface area contributed by atoms with Crippen molar-refractivity contribution in [3.05, 3.63) is 10.7 Å². The highest BCUT2D eigenvalue weighted by Gasteiger charge is 1.98. The van der Waals surface area contributed by atoms with Crippen molar-refractivity contribution in [2.24, 2.45) is 0 Å². The molecule has 4 nitrogen and oxygen atoms in total. The van der Waals surface area contributed by atoms with Crippen LogP contribution in [0.25, 0.3) is 0 Å². The van der Waals surface area contributed by atoms with Crippen LogP contribution >= 0.6 is 12.2 Å². The van der Waals surface area contributed by atoms with Gasteiger partial charge in [-0.3, -0.25) is 4.57 Å². The van der Waals surface area contributed by atoms with Gasteiger partial charge in [0, 0.05) is 12.6 Å². The minimum absolute atomic E-state index is 0.373. The molecule has 0 saturated carbocycles.